The second-order valence-corrected chi connectivity index (χ2v) is 17.2. The van der Waals surface area contributed by atoms with Crippen molar-refractivity contribution in [2.75, 3.05) is 4.90 Å². The maximum Gasteiger partial charge on any atom is 0.0547 e. The predicted molar refractivity (Wildman–Crippen MR) is 270 cm³/mol. The van der Waals surface area contributed by atoms with Gasteiger partial charge in [-0.15, -0.1) is 11.3 Å². The van der Waals surface area contributed by atoms with Gasteiger partial charge >= 0.3 is 0 Å². The molecule has 0 unspecified atom stereocenters. The molecular formula is C60H40N2S. The molecule has 12 rings (SSSR count). The molecule has 3 heteroatoms. The van der Waals surface area contributed by atoms with E-state index in [-0.39, 0.29) is 0 Å². The summed E-state index contributed by atoms with van der Waals surface area (Å²) in [6.45, 7) is 0. The highest BCUT2D eigenvalue weighted by molar-refractivity contribution is 7.25. The Balaban J connectivity index is 0.957. The second kappa shape index (κ2) is 15.5. The van der Waals surface area contributed by atoms with E-state index in [1.165, 1.54) is 86.5 Å². The topological polar surface area (TPSA) is 8.17 Å². The molecule has 0 fully saturated rings. The molecule has 0 N–H and O–H groups in total. The molecule has 0 amide bonds. The predicted octanol–water partition coefficient (Wildman–Crippen LogP) is 17.3. The van der Waals surface area contributed by atoms with E-state index in [1.54, 1.807) is 0 Å². The van der Waals surface area contributed by atoms with Gasteiger partial charge in [0.15, 0.2) is 0 Å². The van der Waals surface area contributed by atoms with Crippen LogP contribution in [0.1, 0.15) is 0 Å². The van der Waals surface area contributed by atoms with Crippen molar-refractivity contribution in [2.45, 2.75) is 0 Å². The molecule has 0 atom stereocenters. The van der Waals surface area contributed by atoms with E-state index in [1.807, 2.05) is 11.3 Å². The standard InChI is InChI=1S/C60H40N2S/c1-4-14-41(15-5-1)46-36-47(42-16-6-2-7-17-42)38-48(37-46)44-26-31-51(32-27-44)61(52-33-35-56-55-21-11-13-23-59(55)63-60(56)40-52)50-29-24-43(25-30-50)45-28-34-54-53-20-10-12-22-57(53)62(58(54)39-45)49-18-8-3-9-19-49/h1-40H. The molecule has 0 aliphatic heterocycles. The number of anilines is 3. The maximum absolute atomic E-state index is 2.39. The number of benzene rings is 10. The Kier molecular flexibility index (Phi) is 9.06. The van der Waals surface area contributed by atoms with Crippen molar-refractivity contribution in [1.29, 1.82) is 0 Å². The molecule has 0 saturated heterocycles. The summed E-state index contributed by atoms with van der Waals surface area (Å²) in [4.78, 5) is 2.39. The number of para-hydroxylation sites is 2. The van der Waals surface area contributed by atoms with Crippen LogP contribution >= 0.6 is 11.3 Å². The Morgan fingerprint density at radius 1 is 0.270 bits per heavy atom. The molecule has 63 heavy (non-hydrogen) atoms. The summed E-state index contributed by atoms with van der Waals surface area (Å²) in [5, 5.41) is 5.11. The third-order valence-corrected chi connectivity index (χ3v) is 13.5. The monoisotopic (exact) mass is 820 g/mol. The van der Waals surface area contributed by atoms with Gasteiger partial charge in [0, 0.05) is 53.7 Å². The fraction of sp³-hybridized carbons (Fsp3) is 0. The quantitative estimate of drug-likeness (QED) is 0.148. The van der Waals surface area contributed by atoms with Gasteiger partial charge in [-0.3, -0.25) is 0 Å². The van der Waals surface area contributed by atoms with Crippen LogP contribution in [0.3, 0.4) is 0 Å². The molecule has 2 heterocycles. The Labute approximate surface area is 370 Å². The highest BCUT2D eigenvalue weighted by Crippen LogP contribution is 2.43. The number of hydrogen-bond acceptors (Lipinski definition) is 2. The average Bonchev–Trinajstić information content (AvgIpc) is 3.90. The zero-order valence-corrected chi connectivity index (χ0v) is 35.2. The van der Waals surface area contributed by atoms with Crippen molar-refractivity contribution < 1.29 is 0 Å². The lowest BCUT2D eigenvalue weighted by Crippen LogP contribution is -2.09. The van der Waals surface area contributed by atoms with Crippen LogP contribution in [0.25, 0.3) is 92.2 Å². The van der Waals surface area contributed by atoms with E-state index in [0.717, 1.165) is 22.7 Å². The first-order valence-electron chi connectivity index (χ1n) is 21.5. The van der Waals surface area contributed by atoms with Crippen molar-refractivity contribution in [3.05, 3.63) is 243 Å². The summed E-state index contributed by atoms with van der Waals surface area (Å²) in [6, 6.07) is 88.4. The SMILES string of the molecule is c1ccc(-c2cc(-c3ccccc3)cc(-c3ccc(N(c4ccc(-c5ccc6c7ccccc7n(-c7ccccc7)c6c5)cc4)c4ccc5c(c4)sc4ccccc45)cc3)c2)cc1. The summed E-state index contributed by atoms with van der Waals surface area (Å²) in [7, 11) is 0. The van der Waals surface area contributed by atoms with Crippen molar-refractivity contribution in [2.24, 2.45) is 0 Å². The summed E-state index contributed by atoms with van der Waals surface area (Å²) in [6.07, 6.45) is 0. The third-order valence-electron chi connectivity index (χ3n) is 12.4. The van der Waals surface area contributed by atoms with E-state index >= 15 is 0 Å². The molecule has 2 nitrogen and oxygen atoms in total. The molecule has 0 saturated carbocycles. The summed E-state index contributed by atoms with van der Waals surface area (Å²) < 4.78 is 4.97. The Hall–Kier alpha value is -7.98. The van der Waals surface area contributed by atoms with Crippen LogP contribution in [-0.2, 0) is 0 Å². The first-order valence-corrected chi connectivity index (χ1v) is 22.3. The van der Waals surface area contributed by atoms with Gasteiger partial charge in [0.2, 0.25) is 0 Å². The summed E-state index contributed by atoms with van der Waals surface area (Å²) >= 11 is 1.86. The van der Waals surface area contributed by atoms with Crippen molar-refractivity contribution in [1.82, 2.24) is 4.57 Å². The van der Waals surface area contributed by atoms with Crippen LogP contribution < -0.4 is 4.90 Å². The number of aromatic nitrogens is 1. The fourth-order valence-electron chi connectivity index (χ4n) is 9.30. The summed E-state index contributed by atoms with van der Waals surface area (Å²) in [5.74, 6) is 0. The second-order valence-electron chi connectivity index (χ2n) is 16.2. The van der Waals surface area contributed by atoms with Crippen LogP contribution in [0.5, 0.6) is 0 Å². The van der Waals surface area contributed by atoms with Gasteiger partial charge in [-0.1, -0.05) is 158 Å². The van der Waals surface area contributed by atoms with Crippen molar-refractivity contribution in [3.8, 4) is 50.2 Å². The Morgan fingerprint density at radius 2 is 0.714 bits per heavy atom. The molecule has 0 radical (unpaired) electrons. The molecule has 0 bridgehead atoms. The molecule has 0 spiro atoms. The first kappa shape index (κ1) is 36.8. The lowest BCUT2D eigenvalue weighted by atomic mass is 9.93. The van der Waals surface area contributed by atoms with Gasteiger partial charge in [0.1, 0.15) is 0 Å². The molecule has 12 aromatic rings. The van der Waals surface area contributed by atoms with Crippen molar-refractivity contribution >= 4 is 70.4 Å². The normalized spacial score (nSPS) is 11.5. The molecule has 296 valence electrons. The average molecular weight is 821 g/mol. The van der Waals surface area contributed by atoms with Gasteiger partial charge in [-0.2, -0.15) is 0 Å². The largest absolute Gasteiger partial charge is 0.310 e. The number of nitrogens with zero attached hydrogens (tertiary/aromatic N) is 2. The van der Waals surface area contributed by atoms with Gasteiger partial charge < -0.3 is 9.47 Å². The van der Waals surface area contributed by atoms with Gasteiger partial charge in [-0.25, -0.2) is 0 Å². The van der Waals surface area contributed by atoms with Crippen LogP contribution in [0.2, 0.25) is 0 Å². The molecular weight excluding hydrogens is 781 g/mol. The van der Waals surface area contributed by atoms with E-state index in [0.29, 0.717) is 0 Å². The number of thiophene rings is 1. The maximum atomic E-state index is 2.39. The van der Waals surface area contributed by atoms with Gasteiger partial charge in [0.05, 0.1) is 11.0 Å². The zero-order chi connectivity index (χ0) is 41.7. The van der Waals surface area contributed by atoms with E-state index in [4.69, 9.17) is 0 Å². The smallest absolute Gasteiger partial charge is 0.0547 e. The number of hydrogen-bond donors (Lipinski definition) is 0. The lowest BCUT2D eigenvalue weighted by molar-refractivity contribution is 1.18. The fourth-order valence-corrected chi connectivity index (χ4v) is 10.4. The molecule has 0 aliphatic carbocycles. The third kappa shape index (κ3) is 6.67. The highest BCUT2D eigenvalue weighted by atomic mass is 32.1. The van der Waals surface area contributed by atoms with E-state index < -0.39 is 0 Å². The minimum absolute atomic E-state index is 1.10. The molecule has 10 aromatic carbocycles. The van der Waals surface area contributed by atoms with E-state index in [2.05, 4.69) is 252 Å². The van der Waals surface area contributed by atoms with Crippen LogP contribution in [0.4, 0.5) is 17.1 Å². The Morgan fingerprint density at radius 3 is 1.35 bits per heavy atom. The van der Waals surface area contributed by atoms with Crippen LogP contribution in [0.15, 0.2) is 243 Å². The molecule has 2 aromatic heterocycles. The lowest BCUT2D eigenvalue weighted by Gasteiger charge is -2.26. The van der Waals surface area contributed by atoms with Crippen LogP contribution in [0, 0.1) is 0 Å². The number of rotatable bonds is 8. The van der Waals surface area contributed by atoms with Gasteiger partial charge in [0.25, 0.3) is 0 Å². The van der Waals surface area contributed by atoms with Gasteiger partial charge in [-0.05, 0) is 129 Å². The Bertz CT molecular complexity index is 3530. The minimum Gasteiger partial charge on any atom is -0.310 e. The highest BCUT2D eigenvalue weighted by Gasteiger charge is 2.18. The zero-order valence-electron chi connectivity index (χ0n) is 34.4. The van der Waals surface area contributed by atoms with E-state index in [9.17, 15) is 0 Å². The number of fused-ring (bicyclic) bond motifs is 6. The van der Waals surface area contributed by atoms with Crippen LogP contribution in [-0.4, -0.2) is 4.57 Å². The van der Waals surface area contributed by atoms with Crippen molar-refractivity contribution in [3.63, 3.8) is 0 Å². The summed E-state index contributed by atoms with van der Waals surface area (Å²) in [5.41, 5.74) is 16.4. The molecule has 0 aliphatic rings. The minimum atomic E-state index is 1.10. The first-order chi connectivity index (χ1) is 31.2.